The summed E-state index contributed by atoms with van der Waals surface area (Å²) >= 11 is 5.58. The van der Waals surface area contributed by atoms with Gasteiger partial charge in [-0.2, -0.15) is 0 Å². The summed E-state index contributed by atoms with van der Waals surface area (Å²) in [5, 5.41) is 0. The van der Waals surface area contributed by atoms with Crippen molar-refractivity contribution < 1.29 is 19.1 Å². The molecular weight excluding hydrogens is 208 g/mol. The summed E-state index contributed by atoms with van der Waals surface area (Å²) in [6, 6.07) is 0. The summed E-state index contributed by atoms with van der Waals surface area (Å²) in [5.41, 5.74) is 0. The predicted octanol–water partition coefficient (Wildman–Crippen LogP) is 1.01. The van der Waals surface area contributed by atoms with Crippen LogP contribution < -0.4 is 0 Å². The summed E-state index contributed by atoms with van der Waals surface area (Å²) in [5.74, 6) is -0.919. The number of ether oxygens (including phenoxy) is 2. The maximum absolute atomic E-state index is 11.4. The molecule has 0 heterocycles. The molecule has 4 nitrogen and oxygen atoms in total. The van der Waals surface area contributed by atoms with Gasteiger partial charge in [0, 0.05) is 18.9 Å². The Hall–Kier alpha value is -0.610. The standard InChI is InChI=1S/C9H15ClO4/c1-6(8(5-10)13-2)7(11)4-9(12)14-3/h6,8H,4-5H2,1-3H3/t6-,8-/m1/s1. The van der Waals surface area contributed by atoms with Crippen molar-refractivity contribution in [1.29, 1.82) is 0 Å². The van der Waals surface area contributed by atoms with E-state index in [2.05, 4.69) is 4.74 Å². The molecule has 0 rings (SSSR count). The number of methoxy groups -OCH3 is 2. The molecule has 0 fully saturated rings. The van der Waals surface area contributed by atoms with Gasteiger partial charge in [0.2, 0.25) is 0 Å². The van der Waals surface area contributed by atoms with Gasteiger partial charge in [0.1, 0.15) is 12.2 Å². The van der Waals surface area contributed by atoms with Crippen LogP contribution in [0, 0.1) is 5.92 Å². The van der Waals surface area contributed by atoms with E-state index in [0.29, 0.717) is 0 Å². The molecule has 2 atom stereocenters. The van der Waals surface area contributed by atoms with E-state index in [1.807, 2.05) is 0 Å². The summed E-state index contributed by atoms with van der Waals surface area (Å²) in [4.78, 5) is 22.2. The first-order chi connectivity index (χ1) is 6.56. The smallest absolute Gasteiger partial charge is 0.313 e. The molecule has 0 aromatic carbocycles. The number of ketones is 1. The number of carbonyl (C=O) groups excluding carboxylic acids is 2. The van der Waals surface area contributed by atoms with Gasteiger partial charge in [-0.15, -0.1) is 11.6 Å². The van der Waals surface area contributed by atoms with Crippen LogP contribution in [0.5, 0.6) is 0 Å². The quantitative estimate of drug-likeness (QED) is 0.382. The van der Waals surface area contributed by atoms with Crippen LogP contribution in [0.25, 0.3) is 0 Å². The second-order valence-corrected chi connectivity index (χ2v) is 3.24. The van der Waals surface area contributed by atoms with Gasteiger partial charge in [0.05, 0.1) is 13.2 Å². The first-order valence-corrected chi connectivity index (χ1v) is 4.78. The zero-order chi connectivity index (χ0) is 11.1. The Bertz CT molecular complexity index is 201. The fraction of sp³-hybridized carbons (Fsp3) is 0.778. The Morgan fingerprint density at radius 1 is 1.36 bits per heavy atom. The minimum absolute atomic E-state index is 0.218. The number of alkyl halides is 1. The molecule has 0 unspecified atom stereocenters. The van der Waals surface area contributed by atoms with Crippen molar-refractivity contribution in [2.45, 2.75) is 19.4 Å². The fourth-order valence-corrected chi connectivity index (χ4v) is 1.38. The Labute approximate surface area is 88.5 Å². The molecule has 0 radical (unpaired) electrons. The van der Waals surface area contributed by atoms with Gasteiger partial charge >= 0.3 is 5.97 Å². The van der Waals surface area contributed by atoms with E-state index in [1.165, 1.54) is 14.2 Å². The highest BCUT2D eigenvalue weighted by Crippen LogP contribution is 2.12. The van der Waals surface area contributed by atoms with Crippen molar-refractivity contribution in [3.05, 3.63) is 0 Å². The molecular formula is C9H15ClO4. The van der Waals surface area contributed by atoms with Crippen LogP contribution in [0.2, 0.25) is 0 Å². The number of halogens is 1. The number of rotatable bonds is 6. The van der Waals surface area contributed by atoms with Gasteiger partial charge < -0.3 is 9.47 Å². The van der Waals surface area contributed by atoms with Crippen LogP contribution in [0.4, 0.5) is 0 Å². The van der Waals surface area contributed by atoms with Crippen molar-refractivity contribution in [2.24, 2.45) is 5.92 Å². The molecule has 5 heteroatoms. The molecule has 0 aliphatic rings. The van der Waals surface area contributed by atoms with E-state index >= 15 is 0 Å². The van der Waals surface area contributed by atoms with Gasteiger partial charge in [-0.1, -0.05) is 6.92 Å². The maximum atomic E-state index is 11.4. The van der Waals surface area contributed by atoms with Crippen LogP contribution in [-0.4, -0.2) is 38.0 Å². The SMILES string of the molecule is COC(=O)CC(=O)[C@@H](C)[C@@H](CCl)OC. The normalized spacial score (nSPS) is 14.6. The molecule has 0 bridgehead atoms. The molecule has 0 aromatic heterocycles. The molecule has 0 aliphatic heterocycles. The number of carbonyl (C=O) groups is 2. The third-order valence-electron chi connectivity index (χ3n) is 2.07. The van der Waals surface area contributed by atoms with Crippen molar-refractivity contribution in [1.82, 2.24) is 0 Å². The van der Waals surface area contributed by atoms with Crippen LogP contribution >= 0.6 is 11.6 Å². The highest BCUT2D eigenvalue weighted by Gasteiger charge is 2.24. The number of hydrogen-bond acceptors (Lipinski definition) is 4. The molecule has 0 spiro atoms. The molecule has 0 aromatic rings. The second kappa shape index (κ2) is 6.79. The average Bonchev–Trinajstić information content (AvgIpc) is 2.19. The lowest BCUT2D eigenvalue weighted by Crippen LogP contribution is -2.30. The Kier molecular flexibility index (Phi) is 6.49. The zero-order valence-corrected chi connectivity index (χ0v) is 9.34. The summed E-state index contributed by atoms with van der Waals surface area (Å²) in [7, 11) is 2.73. The third kappa shape index (κ3) is 4.07. The second-order valence-electron chi connectivity index (χ2n) is 2.94. The van der Waals surface area contributed by atoms with E-state index < -0.39 is 11.9 Å². The molecule has 14 heavy (non-hydrogen) atoms. The van der Waals surface area contributed by atoms with Gasteiger partial charge in [0.15, 0.2) is 0 Å². The van der Waals surface area contributed by atoms with Crippen LogP contribution in [-0.2, 0) is 19.1 Å². The van der Waals surface area contributed by atoms with Crippen LogP contribution in [0.3, 0.4) is 0 Å². The van der Waals surface area contributed by atoms with Crippen LogP contribution in [0.1, 0.15) is 13.3 Å². The lowest BCUT2D eigenvalue weighted by atomic mass is 9.98. The largest absolute Gasteiger partial charge is 0.469 e. The average molecular weight is 223 g/mol. The first kappa shape index (κ1) is 13.4. The minimum Gasteiger partial charge on any atom is -0.469 e. The van der Waals surface area contributed by atoms with Crippen molar-refractivity contribution in [2.75, 3.05) is 20.1 Å². The van der Waals surface area contributed by atoms with Crippen molar-refractivity contribution >= 4 is 23.4 Å². The molecule has 82 valence electrons. The third-order valence-corrected chi connectivity index (χ3v) is 2.37. The van der Waals surface area contributed by atoms with E-state index in [4.69, 9.17) is 16.3 Å². The topological polar surface area (TPSA) is 52.6 Å². The van der Waals surface area contributed by atoms with Gasteiger partial charge in [-0.3, -0.25) is 9.59 Å². The van der Waals surface area contributed by atoms with E-state index in [1.54, 1.807) is 6.92 Å². The van der Waals surface area contributed by atoms with Gasteiger partial charge in [-0.05, 0) is 0 Å². The minimum atomic E-state index is -0.536. The van der Waals surface area contributed by atoms with Gasteiger partial charge in [0.25, 0.3) is 0 Å². The number of Topliss-reactive ketones (excluding diaryl/α,β-unsaturated/α-hetero) is 1. The first-order valence-electron chi connectivity index (χ1n) is 4.25. The Balaban J connectivity index is 4.16. The predicted molar refractivity (Wildman–Crippen MR) is 52.3 cm³/mol. The molecule has 0 aliphatic carbocycles. The summed E-state index contributed by atoms with van der Waals surface area (Å²) in [6.07, 6.45) is -0.581. The molecule has 0 N–H and O–H groups in total. The highest BCUT2D eigenvalue weighted by molar-refractivity contribution is 6.18. The van der Waals surface area contributed by atoms with Crippen molar-refractivity contribution in [3.63, 3.8) is 0 Å². The zero-order valence-electron chi connectivity index (χ0n) is 8.58. The Morgan fingerprint density at radius 3 is 2.29 bits per heavy atom. The van der Waals surface area contributed by atoms with Crippen molar-refractivity contribution in [3.8, 4) is 0 Å². The lowest BCUT2D eigenvalue weighted by Gasteiger charge is -2.18. The lowest BCUT2D eigenvalue weighted by molar-refractivity contribution is -0.144. The monoisotopic (exact) mass is 222 g/mol. The van der Waals surface area contributed by atoms with E-state index in [9.17, 15) is 9.59 Å². The van der Waals surface area contributed by atoms with E-state index in [-0.39, 0.29) is 24.2 Å². The highest BCUT2D eigenvalue weighted by atomic mass is 35.5. The van der Waals surface area contributed by atoms with E-state index in [0.717, 1.165) is 0 Å². The van der Waals surface area contributed by atoms with Crippen LogP contribution in [0.15, 0.2) is 0 Å². The van der Waals surface area contributed by atoms with Gasteiger partial charge in [-0.25, -0.2) is 0 Å². The summed E-state index contributed by atoms with van der Waals surface area (Å²) < 4.78 is 9.38. The summed E-state index contributed by atoms with van der Waals surface area (Å²) in [6.45, 7) is 1.68. The fourth-order valence-electron chi connectivity index (χ4n) is 0.984. The number of hydrogen-bond donors (Lipinski definition) is 0. The molecule has 0 saturated carbocycles. The number of esters is 1. The maximum Gasteiger partial charge on any atom is 0.313 e. The molecule has 0 saturated heterocycles. The molecule has 0 amide bonds. The Morgan fingerprint density at radius 2 is 1.93 bits per heavy atom.